The summed E-state index contributed by atoms with van der Waals surface area (Å²) in [6.07, 6.45) is 0. The van der Waals surface area contributed by atoms with E-state index in [9.17, 15) is 13.2 Å². The van der Waals surface area contributed by atoms with E-state index in [4.69, 9.17) is 27.2 Å². The lowest BCUT2D eigenvalue weighted by atomic mass is 9.91. The molecule has 1 amide bonds. The maximum Gasteiger partial charge on any atom is 0.304 e. The lowest BCUT2D eigenvalue weighted by molar-refractivity contribution is -0.118. The van der Waals surface area contributed by atoms with E-state index >= 15 is 0 Å². The highest BCUT2D eigenvalue weighted by Crippen LogP contribution is 2.29. The largest absolute Gasteiger partial charge is 0.383 e. The Kier molecular flexibility index (Phi) is 9.43. The Bertz CT molecular complexity index is 1200. The molecule has 2 unspecified atom stereocenters. The Morgan fingerprint density at radius 2 is 1.94 bits per heavy atom. The van der Waals surface area contributed by atoms with Gasteiger partial charge in [-0.15, -0.1) is 0 Å². The first-order valence-electron chi connectivity index (χ1n) is 11.5. The lowest BCUT2D eigenvalue weighted by Gasteiger charge is -2.25. The smallest absolute Gasteiger partial charge is 0.304 e. The molecule has 3 rings (SSSR count). The van der Waals surface area contributed by atoms with Crippen LogP contribution in [-0.4, -0.2) is 74.7 Å². The third-order valence-electron chi connectivity index (χ3n) is 5.69. The van der Waals surface area contributed by atoms with Gasteiger partial charge < -0.3 is 10.5 Å². The number of hydrogen-bond acceptors (Lipinski definition) is 6. The standard InChI is InChI=1S/C24H31ClN6O4S/c1-4-30(14-15-35-3)36(33,34)29-24(27-17(2)23(26)32)31-16-21(18-8-6-5-7-9-18)22(28-31)19-10-12-20(25)13-11-19/h5-13,17,21H,4,14-16H2,1-3H3,(H2,26,32)(H,27,29). The van der Waals surface area contributed by atoms with Gasteiger partial charge in [0.25, 0.3) is 0 Å². The number of ether oxygens (including phenoxy) is 1. The zero-order valence-electron chi connectivity index (χ0n) is 20.5. The van der Waals surface area contributed by atoms with E-state index in [0.29, 0.717) is 17.3 Å². The third kappa shape index (κ3) is 6.82. The van der Waals surface area contributed by atoms with Gasteiger partial charge in [0, 0.05) is 31.1 Å². The number of hydrazone groups is 1. The third-order valence-corrected chi connectivity index (χ3v) is 7.50. The van der Waals surface area contributed by atoms with Crippen LogP contribution >= 0.6 is 11.6 Å². The van der Waals surface area contributed by atoms with Crippen molar-refractivity contribution in [1.29, 1.82) is 0 Å². The number of guanidine groups is 1. The van der Waals surface area contributed by atoms with E-state index in [-0.39, 0.29) is 31.6 Å². The van der Waals surface area contributed by atoms with Crippen LogP contribution in [0, 0.1) is 0 Å². The van der Waals surface area contributed by atoms with Crippen molar-refractivity contribution in [3.05, 3.63) is 70.7 Å². The number of amides is 1. The molecule has 0 saturated carbocycles. The fourth-order valence-corrected chi connectivity index (χ4v) is 4.97. The normalized spacial score (nSPS) is 17.2. The molecule has 194 valence electrons. The van der Waals surface area contributed by atoms with Gasteiger partial charge in [0.2, 0.25) is 11.9 Å². The first-order valence-corrected chi connectivity index (χ1v) is 13.3. The van der Waals surface area contributed by atoms with Gasteiger partial charge in [0.1, 0.15) is 6.04 Å². The van der Waals surface area contributed by atoms with Crippen LogP contribution in [-0.2, 0) is 19.7 Å². The molecular formula is C24H31ClN6O4S. The number of nitrogens with zero attached hydrogens (tertiary/aromatic N) is 4. The van der Waals surface area contributed by atoms with Gasteiger partial charge in [-0.05, 0) is 30.2 Å². The zero-order valence-corrected chi connectivity index (χ0v) is 22.0. The second-order valence-corrected chi connectivity index (χ2v) is 10.3. The summed E-state index contributed by atoms with van der Waals surface area (Å²) < 4.78 is 35.2. The van der Waals surface area contributed by atoms with Crippen LogP contribution in [0.15, 0.2) is 64.7 Å². The molecule has 0 aromatic heterocycles. The molecule has 3 N–H and O–H groups in total. The number of nitrogens with two attached hydrogens (primary N) is 1. The van der Waals surface area contributed by atoms with E-state index < -0.39 is 22.2 Å². The molecule has 0 saturated heterocycles. The number of benzene rings is 2. The van der Waals surface area contributed by atoms with E-state index in [2.05, 4.69) is 9.71 Å². The van der Waals surface area contributed by atoms with Crippen LogP contribution in [0.2, 0.25) is 5.02 Å². The Morgan fingerprint density at radius 3 is 2.53 bits per heavy atom. The van der Waals surface area contributed by atoms with Crippen molar-refractivity contribution in [3.8, 4) is 0 Å². The number of carbonyl (C=O) groups excluding carboxylic acids is 1. The Morgan fingerprint density at radius 1 is 1.28 bits per heavy atom. The van der Waals surface area contributed by atoms with Gasteiger partial charge in [0.15, 0.2) is 0 Å². The topological polar surface area (TPSA) is 130 Å². The van der Waals surface area contributed by atoms with Crippen LogP contribution in [0.4, 0.5) is 0 Å². The van der Waals surface area contributed by atoms with Gasteiger partial charge in [-0.1, -0.05) is 61.0 Å². The van der Waals surface area contributed by atoms with Crippen molar-refractivity contribution >= 4 is 39.4 Å². The first-order chi connectivity index (χ1) is 17.2. The van der Waals surface area contributed by atoms with Gasteiger partial charge in [-0.25, -0.2) is 14.7 Å². The average Bonchev–Trinajstić information content (AvgIpc) is 3.30. The minimum absolute atomic E-state index is 0.0953. The highest BCUT2D eigenvalue weighted by atomic mass is 35.5. The molecule has 0 radical (unpaired) electrons. The van der Waals surface area contributed by atoms with Crippen molar-refractivity contribution in [3.63, 3.8) is 0 Å². The quantitative estimate of drug-likeness (QED) is 0.356. The second kappa shape index (κ2) is 12.3. The molecular weight excluding hydrogens is 504 g/mol. The van der Waals surface area contributed by atoms with Crippen molar-refractivity contribution in [1.82, 2.24) is 14.0 Å². The number of primary amides is 1. The molecule has 2 aromatic rings. The number of methoxy groups -OCH3 is 1. The maximum absolute atomic E-state index is 13.2. The summed E-state index contributed by atoms with van der Waals surface area (Å²) >= 11 is 6.09. The molecule has 0 bridgehead atoms. The number of halogens is 1. The molecule has 1 aliphatic rings. The van der Waals surface area contributed by atoms with Gasteiger partial charge in [0.05, 0.1) is 18.9 Å². The summed E-state index contributed by atoms with van der Waals surface area (Å²) in [6, 6.07) is 16.0. The van der Waals surface area contributed by atoms with Crippen LogP contribution in [0.5, 0.6) is 0 Å². The summed E-state index contributed by atoms with van der Waals surface area (Å²) in [5.74, 6) is -0.983. The molecule has 0 fully saturated rings. The number of likely N-dealkylation sites (N-methyl/N-ethyl adjacent to an activating group) is 1. The van der Waals surface area contributed by atoms with Crippen LogP contribution < -0.4 is 10.5 Å². The molecule has 36 heavy (non-hydrogen) atoms. The SMILES string of the molecule is CCN(CCOC)S(=O)(=O)NC(=NC(C)C(N)=O)N1CC(c2ccccc2)C(c2ccc(Cl)cc2)=N1. The molecule has 10 nitrogen and oxygen atoms in total. The van der Waals surface area contributed by atoms with Crippen LogP contribution in [0.1, 0.15) is 30.9 Å². The van der Waals surface area contributed by atoms with E-state index in [1.807, 2.05) is 42.5 Å². The molecule has 0 aliphatic carbocycles. The zero-order chi connectivity index (χ0) is 26.3. The summed E-state index contributed by atoms with van der Waals surface area (Å²) in [7, 11) is -2.53. The monoisotopic (exact) mass is 534 g/mol. The molecule has 12 heteroatoms. The number of nitrogens with one attached hydrogen (secondary N) is 1. The predicted molar refractivity (Wildman–Crippen MR) is 141 cm³/mol. The van der Waals surface area contributed by atoms with E-state index in [1.165, 1.54) is 23.3 Å². The summed E-state index contributed by atoms with van der Waals surface area (Å²) in [5.41, 5.74) is 7.97. The highest BCUT2D eigenvalue weighted by Gasteiger charge is 2.34. The van der Waals surface area contributed by atoms with Gasteiger partial charge >= 0.3 is 10.2 Å². The lowest BCUT2D eigenvalue weighted by Crippen LogP contribution is -2.49. The highest BCUT2D eigenvalue weighted by molar-refractivity contribution is 7.87. The minimum Gasteiger partial charge on any atom is -0.383 e. The second-order valence-electron chi connectivity index (χ2n) is 8.16. The van der Waals surface area contributed by atoms with E-state index in [1.54, 1.807) is 19.1 Å². The van der Waals surface area contributed by atoms with Crippen molar-refractivity contribution in [2.75, 3.05) is 33.4 Å². The number of aliphatic imine (C=N–C) groups is 1. The molecule has 1 aliphatic heterocycles. The van der Waals surface area contributed by atoms with Crippen LogP contribution in [0.25, 0.3) is 0 Å². The Balaban J connectivity index is 2.04. The Labute approximate surface area is 217 Å². The fraction of sp³-hybridized carbons (Fsp3) is 0.375. The molecule has 2 aromatic carbocycles. The molecule has 1 heterocycles. The maximum atomic E-state index is 13.2. The van der Waals surface area contributed by atoms with Gasteiger partial charge in [-0.3, -0.25) is 4.79 Å². The first kappa shape index (κ1) is 27.6. The average molecular weight is 535 g/mol. The summed E-state index contributed by atoms with van der Waals surface area (Å²) in [5, 5.41) is 6.79. The molecule has 2 atom stereocenters. The number of hydrogen-bond donors (Lipinski definition) is 2. The van der Waals surface area contributed by atoms with E-state index in [0.717, 1.165) is 11.1 Å². The minimum atomic E-state index is -4.03. The summed E-state index contributed by atoms with van der Waals surface area (Å²) in [4.78, 5) is 16.1. The Hall–Kier alpha value is -2.99. The fourth-order valence-electron chi connectivity index (χ4n) is 3.68. The van der Waals surface area contributed by atoms with Crippen molar-refractivity contribution in [2.24, 2.45) is 15.8 Å². The van der Waals surface area contributed by atoms with Crippen molar-refractivity contribution < 1.29 is 17.9 Å². The number of carbonyl (C=O) groups is 1. The number of rotatable bonds is 10. The predicted octanol–water partition coefficient (Wildman–Crippen LogP) is 2.18. The summed E-state index contributed by atoms with van der Waals surface area (Å²) in [6.45, 7) is 4.08. The molecule has 0 spiro atoms. The van der Waals surface area contributed by atoms with Gasteiger partial charge in [-0.2, -0.15) is 17.8 Å². The van der Waals surface area contributed by atoms with Crippen LogP contribution in [0.3, 0.4) is 0 Å². The van der Waals surface area contributed by atoms with Crippen molar-refractivity contribution in [2.45, 2.75) is 25.8 Å².